The normalized spacial score (nSPS) is 12.5. The summed E-state index contributed by atoms with van der Waals surface area (Å²) in [6.07, 6.45) is 1.28. The Hall–Kier alpha value is -1.38. The molecule has 0 spiro atoms. The maximum Gasteiger partial charge on any atom is 0.267 e. The fourth-order valence-electron chi connectivity index (χ4n) is 1.38. The molecule has 0 fully saturated rings. The Morgan fingerprint density at radius 3 is 2.53 bits per heavy atom. The molecule has 1 amide bonds. The Kier molecular flexibility index (Phi) is 4.39. The minimum absolute atomic E-state index is 0.0666. The molecule has 1 rings (SSSR count). The lowest BCUT2D eigenvalue weighted by Gasteiger charge is -2.21. The standard InChI is InChI=1S/C11H19N3O4S/c1-11(2,7-15)6-13-10(16)9-4-8(5-14(9)3)19(12,17)18/h4-5,15H,6-7H2,1-3H3,(H,13,16)(H2,12,17,18). The van der Waals surface area contributed by atoms with Crippen LogP contribution in [0.1, 0.15) is 24.3 Å². The predicted molar refractivity (Wildman–Crippen MR) is 70.0 cm³/mol. The Balaban J connectivity index is 2.87. The van der Waals surface area contributed by atoms with Crippen molar-refractivity contribution < 1.29 is 18.3 Å². The second kappa shape index (κ2) is 5.32. The molecule has 8 heteroatoms. The molecule has 0 bridgehead atoms. The van der Waals surface area contributed by atoms with Crippen LogP contribution in [0.4, 0.5) is 0 Å². The first kappa shape index (κ1) is 15.7. The van der Waals surface area contributed by atoms with Crippen LogP contribution in [0.3, 0.4) is 0 Å². The van der Waals surface area contributed by atoms with Gasteiger partial charge in [-0.1, -0.05) is 13.8 Å². The van der Waals surface area contributed by atoms with Crippen LogP contribution in [0, 0.1) is 5.41 Å². The number of aliphatic hydroxyl groups excluding tert-OH is 1. The van der Waals surface area contributed by atoms with E-state index in [-0.39, 0.29) is 23.7 Å². The van der Waals surface area contributed by atoms with Crippen LogP contribution in [0.25, 0.3) is 0 Å². The molecule has 0 radical (unpaired) electrons. The number of aliphatic hydroxyl groups is 1. The number of aromatic nitrogens is 1. The summed E-state index contributed by atoms with van der Waals surface area (Å²) in [4.78, 5) is 11.8. The highest BCUT2D eigenvalue weighted by molar-refractivity contribution is 7.89. The molecule has 0 saturated carbocycles. The Morgan fingerprint density at radius 2 is 2.11 bits per heavy atom. The predicted octanol–water partition coefficient (Wildman–Crippen LogP) is -0.579. The molecule has 108 valence electrons. The first-order valence-corrected chi connectivity index (χ1v) is 7.20. The van der Waals surface area contributed by atoms with E-state index in [9.17, 15) is 13.2 Å². The second-order valence-corrected chi connectivity index (χ2v) is 6.78. The van der Waals surface area contributed by atoms with Crippen molar-refractivity contribution in [3.63, 3.8) is 0 Å². The quantitative estimate of drug-likeness (QED) is 0.672. The molecule has 7 nitrogen and oxygen atoms in total. The molecule has 1 aromatic rings. The average Bonchev–Trinajstić information content (AvgIpc) is 2.68. The van der Waals surface area contributed by atoms with E-state index >= 15 is 0 Å². The number of rotatable bonds is 5. The van der Waals surface area contributed by atoms with Crippen LogP contribution >= 0.6 is 0 Å². The van der Waals surface area contributed by atoms with Gasteiger partial charge < -0.3 is 15.0 Å². The van der Waals surface area contributed by atoms with Gasteiger partial charge in [-0.3, -0.25) is 4.79 Å². The van der Waals surface area contributed by atoms with Crippen LogP contribution in [0.5, 0.6) is 0 Å². The van der Waals surface area contributed by atoms with E-state index in [1.807, 2.05) is 0 Å². The number of carbonyl (C=O) groups excluding carboxylic acids is 1. The molecule has 0 aliphatic rings. The van der Waals surface area contributed by atoms with E-state index in [2.05, 4.69) is 5.32 Å². The Morgan fingerprint density at radius 1 is 1.53 bits per heavy atom. The fraction of sp³-hybridized carbons (Fsp3) is 0.545. The minimum Gasteiger partial charge on any atom is -0.396 e. The van der Waals surface area contributed by atoms with Gasteiger partial charge in [-0.2, -0.15) is 0 Å². The lowest BCUT2D eigenvalue weighted by atomic mass is 9.95. The van der Waals surface area contributed by atoms with Crippen molar-refractivity contribution in [1.29, 1.82) is 0 Å². The van der Waals surface area contributed by atoms with Gasteiger partial charge in [-0.15, -0.1) is 0 Å². The number of carbonyl (C=O) groups is 1. The lowest BCUT2D eigenvalue weighted by Crippen LogP contribution is -2.36. The average molecular weight is 289 g/mol. The number of nitrogens with zero attached hydrogens (tertiary/aromatic N) is 1. The summed E-state index contributed by atoms with van der Waals surface area (Å²) in [5.41, 5.74) is -0.249. The molecule has 0 aliphatic carbocycles. The SMILES string of the molecule is Cn1cc(S(N)(=O)=O)cc1C(=O)NCC(C)(C)CO. The van der Waals surface area contributed by atoms with Gasteiger partial charge in [-0.25, -0.2) is 13.6 Å². The van der Waals surface area contributed by atoms with Gasteiger partial charge in [0, 0.05) is 31.8 Å². The van der Waals surface area contributed by atoms with E-state index in [1.165, 1.54) is 16.8 Å². The monoisotopic (exact) mass is 289 g/mol. The summed E-state index contributed by atoms with van der Waals surface area (Å²) in [6.45, 7) is 3.81. The van der Waals surface area contributed by atoms with Crippen molar-refractivity contribution in [2.45, 2.75) is 18.7 Å². The van der Waals surface area contributed by atoms with Crippen molar-refractivity contribution >= 4 is 15.9 Å². The third kappa shape index (κ3) is 4.05. The van der Waals surface area contributed by atoms with Crippen molar-refractivity contribution in [2.75, 3.05) is 13.2 Å². The van der Waals surface area contributed by atoms with Crippen LogP contribution in [0.15, 0.2) is 17.2 Å². The minimum atomic E-state index is -3.83. The van der Waals surface area contributed by atoms with E-state index in [0.717, 1.165) is 0 Å². The number of hydrogen-bond donors (Lipinski definition) is 3. The second-order valence-electron chi connectivity index (χ2n) is 5.22. The van der Waals surface area contributed by atoms with E-state index in [4.69, 9.17) is 10.2 Å². The summed E-state index contributed by atoms with van der Waals surface area (Å²) in [5, 5.41) is 16.7. The third-order valence-electron chi connectivity index (χ3n) is 2.70. The first-order chi connectivity index (χ1) is 8.57. The molecule has 19 heavy (non-hydrogen) atoms. The molecule has 0 atom stereocenters. The number of aryl methyl sites for hydroxylation is 1. The molecule has 1 heterocycles. The van der Waals surface area contributed by atoms with Gasteiger partial charge in [0.05, 0.1) is 0 Å². The van der Waals surface area contributed by atoms with Crippen LogP contribution in [-0.4, -0.2) is 37.2 Å². The number of hydrogen-bond acceptors (Lipinski definition) is 4. The highest BCUT2D eigenvalue weighted by Crippen LogP contribution is 2.14. The fourth-order valence-corrected chi connectivity index (χ4v) is 1.96. The number of nitrogens with two attached hydrogens (primary N) is 1. The number of sulfonamides is 1. The Labute approximate surface area is 112 Å². The maximum absolute atomic E-state index is 11.9. The summed E-state index contributed by atoms with van der Waals surface area (Å²) in [5.74, 6) is -0.418. The first-order valence-electron chi connectivity index (χ1n) is 5.65. The van der Waals surface area contributed by atoms with Gasteiger partial charge in [-0.05, 0) is 6.07 Å². The number of amides is 1. The van der Waals surface area contributed by atoms with E-state index in [0.29, 0.717) is 0 Å². The van der Waals surface area contributed by atoms with Crippen molar-refractivity contribution in [3.05, 3.63) is 18.0 Å². The van der Waals surface area contributed by atoms with Crippen LogP contribution in [-0.2, 0) is 17.1 Å². The van der Waals surface area contributed by atoms with Gasteiger partial charge in [0.2, 0.25) is 10.0 Å². The zero-order chi connectivity index (χ0) is 14.8. The summed E-state index contributed by atoms with van der Waals surface area (Å²) < 4.78 is 23.8. The van der Waals surface area contributed by atoms with Crippen molar-refractivity contribution in [1.82, 2.24) is 9.88 Å². The topological polar surface area (TPSA) is 114 Å². The molecule has 0 aliphatic heterocycles. The molecular formula is C11H19N3O4S. The van der Waals surface area contributed by atoms with Crippen LogP contribution < -0.4 is 10.5 Å². The van der Waals surface area contributed by atoms with E-state index < -0.39 is 21.3 Å². The molecule has 4 N–H and O–H groups in total. The lowest BCUT2D eigenvalue weighted by molar-refractivity contribution is 0.0903. The highest BCUT2D eigenvalue weighted by Gasteiger charge is 2.21. The molecule has 0 saturated heterocycles. The van der Waals surface area contributed by atoms with Crippen LogP contribution in [0.2, 0.25) is 0 Å². The molecule has 1 aromatic heterocycles. The molecule has 0 aromatic carbocycles. The Bertz CT molecular complexity index is 575. The van der Waals surface area contributed by atoms with Gasteiger partial charge in [0.15, 0.2) is 0 Å². The smallest absolute Gasteiger partial charge is 0.267 e. The van der Waals surface area contributed by atoms with Crippen molar-refractivity contribution in [2.24, 2.45) is 17.6 Å². The van der Waals surface area contributed by atoms with Gasteiger partial charge in [0.25, 0.3) is 5.91 Å². The molecule has 0 unspecified atom stereocenters. The number of nitrogens with one attached hydrogen (secondary N) is 1. The highest BCUT2D eigenvalue weighted by atomic mass is 32.2. The number of primary sulfonamides is 1. The summed E-state index contributed by atoms with van der Waals surface area (Å²) >= 11 is 0. The zero-order valence-corrected chi connectivity index (χ0v) is 12.0. The van der Waals surface area contributed by atoms with Crippen molar-refractivity contribution in [3.8, 4) is 0 Å². The van der Waals surface area contributed by atoms with Gasteiger partial charge in [0.1, 0.15) is 10.6 Å². The maximum atomic E-state index is 11.9. The molecular weight excluding hydrogens is 270 g/mol. The summed E-state index contributed by atoms with van der Waals surface area (Å²) in [6, 6.07) is 1.22. The van der Waals surface area contributed by atoms with E-state index in [1.54, 1.807) is 20.9 Å². The largest absolute Gasteiger partial charge is 0.396 e. The summed E-state index contributed by atoms with van der Waals surface area (Å²) in [7, 11) is -2.27. The van der Waals surface area contributed by atoms with Gasteiger partial charge >= 0.3 is 0 Å². The zero-order valence-electron chi connectivity index (χ0n) is 11.2. The third-order valence-corrected chi connectivity index (χ3v) is 3.58.